The Bertz CT molecular complexity index is 1900. The first-order valence-electron chi connectivity index (χ1n) is 12.0. The second kappa shape index (κ2) is 10.0. The van der Waals surface area contributed by atoms with Gasteiger partial charge in [-0.05, 0) is 60.8 Å². The number of fused-ring (bicyclic) bond motifs is 1. The number of aromatic nitrogens is 3. The number of hydrogen-bond acceptors (Lipinski definition) is 7. The lowest BCUT2D eigenvalue weighted by Gasteiger charge is -2.22. The lowest BCUT2D eigenvalue weighted by Crippen LogP contribution is -2.39. The molecule has 0 amide bonds. The summed E-state index contributed by atoms with van der Waals surface area (Å²) in [6, 6.07) is 18.8. The SMILES string of the molecule is COC(=O)C1=C(C)N=c2s/c(=C\c3cn(-c4ccccc4)nc3-c3ccc(F)cc3)c(=O)n2[C@@H]1c1cccs1. The van der Waals surface area contributed by atoms with Gasteiger partial charge in [0.15, 0.2) is 4.80 Å². The van der Waals surface area contributed by atoms with E-state index in [2.05, 4.69) is 4.99 Å². The molecule has 4 heterocycles. The number of carbonyl (C=O) groups is 1. The summed E-state index contributed by atoms with van der Waals surface area (Å²) in [6.07, 6.45) is 3.62. The van der Waals surface area contributed by atoms with Crippen LogP contribution in [-0.2, 0) is 9.53 Å². The molecule has 0 bridgehead atoms. The van der Waals surface area contributed by atoms with E-state index in [4.69, 9.17) is 9.84 Å². The number of methoxy groups -OCH3 is 1. The molecule has 6 rings (SSSR count). The van der Waals surface area contributed by atoms with Crippen LogP contribution in [-0.4, -0.2) is 27.4 Å². The van der Waals surface area contributed by atoms with Crippen molar-refractivity contribution in [3.63, 3.8) is 0 Å². The van der Waals surface area contributed by atoms with Crippen molar-refractivity contribution in [2.45, 2.75) is 13.0 Å². The van der Waals surface area contributed by atoms with E-state index >= 15 is 0 Å². The van der Waals surface area contributed by atoms with Crippen LogP contribution in [0.3, 0.4) is 0 Å². The first-order chi connectivity index (χ1) is 18.9. The van der Waals surface area contributed by atoms with E-state index < -0.39 is 12.0 Å². The van der Waals surface area contributed by atoms with Crippen LogP contribution in [0.1, 0.15) is 23.4 Å². The highest BCUT2D eigenvalue weighted by Crippen LogP contribution is 2.33. The number of thiophene rings is 1. The van der Waals surface area contributed by atoms with Gasteiger partial charge in [-0.2, -0.15) is 5.10 Å². The van der Waals surface area contributed by atoms with E-state index in [0.717, 1.165) is 10.6 Å². The third-order valence-corrected chi connectivity index (χ3v) is 8.31. The van der Waals surface area contributed by atoms with Crippen molar-refractivity contribution >= 4 is 34.7 Å². The molecule has 0 spiro atoms. The molecule has 7 nitrogen and oxygen atoms in total. The zero-order valence-electron chi connectivity index (χ0n) is 20.9. The number of para-hydroxylation sites is 1. The van der Waals surface area contributed by atoms with Crippen LogP contribution in [0.4, 0.5) is 4.39 Å². The highest BCUT2D eigenvalue weighted by molar-refractivity contribution is 7.10. The normalized spacial score (nSPS) is 15.3. The fourth-order valence-corrected chi connectivity index (χ4v) is 6.45. The Labute approximate surface area is 230 Å². The summed E-state index contributed by atoms with van der Waals surface area (Å²) in [4.78, 5) is 32.6. The van der Waals surface area contributed by atoms with E-state index in [1.807, 2.05) is 54.0 Å². The Kier molecular flexibility index (Phi) is 6.41. The van der Waals surface area contributed by atoms with Gasteiger partial charge in [0.1, 0.15) is 17.6 Å². The quantitative estimate of drug-likeness (QED) is 0.300. The number of benzene rings is 2. The summed E-state index contributed by atoms with van der Waals surface area (Å²) in [6.45, 7) is 1.75. The molecular formula is C29H21FN4O3S2. The fourth-order valence-electron chi connectivity index (χ4n) is 4.59. The van der Waals surface area contributed by atoms with Gasteiger partial charge in [-0.3, -0.25) is 9.36 Å². The lowest BCUT2D eigenvalue weighted by atomic mass is 10.0. The van der Waals surface area contributed by atoms with Crippen molar-refractivity contribution in [3.8, 4) is 16.9 Å². The van der Waals surface area contributed by atoms with Crippen LogP contribution in [0.5, 0.6) is 0 Å². The van der Waals surface area contributed by atoms with E-state index in [1.165, 1.54) is 41.9 Å². The minimum Gasteiger partial charge on any atom is -0.466 e. The fraction of sp³-hybridized carbons (Fsp3) is 0.103. The second-order valence-corrected chi connectivity index (χ2v) is 10.8. The number of thiazole rings is 1. The molecule has 5 aromatic rings. The van der Waals surface area contributed by atoms with Gasteiger partial charge in [0, 0.05) is 22.2 Å². The Morgan fingerprint density at radius 1 is 1.08 bits per heavy atom. The number of nitrogens with zero attached hydrogens (tertiary/aromatic N) is 4. The third-order valence-electron chi connectivity index (χ3n) is 6.41. The van der Waals surface area contributed by atoms with E-state index in [0.29, 0.717) is 37.4 Å². The molecule has 1 atom stereocenters. The van der Waals surface area contributed by atoms with Crippen LogP contribution >= 0.6 is 22.7 Å². The van der Waals surface area contributed by atoms with Gasteiger partial charge >= 0.3 is 5.97 Å². The maximum Gasteiger partial charge on any atom is 0.338 e. The Balaban J connectivity index is 1.56. The van der Waals surface area contributed by atoms with Crippen molar-refractivity contribution in [1.29, 1.82) is 0 Å². The maximum absolute atomic E-state index is 13.9. The Morgan fingerprint density at radius 2 is 1.85 bits per heavy atom. The van der Waals surface area contributed by atoms with Crippen LogP contribution in [0.15, 0.2) is 99.4 Å². The van der Waals surface area contributed by atoms with Crippen LogP contribution < -0.4 is 14.9 Å². The molecule has 39 heavy (non-hydrogen) atoms. The standard InChI is InChI=1S/C29H21FN4O3S2/c1-17-24(28(36)37-2)26(22-9-6-14-38-22)34-27(35)23(39-29(34)31-17)15-19-16-33(21-7-4-3-5-8-21)32-25(19)18-10-12-20(30)13-11-18/h3-16,26H,1-2H3/b23-15-/t26-/m1/s1. The summed E-state index contributed by atoms with van der Waals surface area (Å²) >= 11 is 2.70. The molecule has 1 aliphatic heterocycles. The number of hydrogen-bond donors (Lipinski definition) is 0. The zero-order chi connectivity index (χ0) is 27.1. The molecule has 0 N–H and O–H groups in total. The van der Waals surface area contributed by atoms with Gasteiger partial charge in [-0.1, -0.05) is 35.6 Å². The second-order valence-electron chi connectivity index (χ2n) is 8.81. The van der Waals surface area contributed by atoms with Crippen molar-refractivity contribution in [2.75, 3.05) is 7.11 Å². The van der Waals surface area contributed by atoms with Gasteiger partial charge in [0.05, 0.1) is 28.6 Å². The summed E-state index contributed by atoms with van der Waals surface area (Å²) in [5.41, 5.74) is 3.42. The molecule has 3 aromatic heterocycles. The highest BCUT2D eigenvalue weighted by atomic mass is 32.1. The number of rotatable bonds is 5. The van der Waals surface area contributed by atoms with Crippen LogP contribution in [0.25, 0.3) is 23.0 Å². The van der Waals surface area contributed by atoms with E-state index in [1.54, 1.807) is 34.4 Å². The number of halogens is 1. The monoisotopic (exact) mass is 556 g/mol. The first-order valence-corrected chi connectivity index (χ1v) is 13.7. The molecule has 0 unspecified atom stereocenters. The topological polar surface area (TPSA) is 78.5 Å². The van der Waals surface area contributed by atoms with Crippen molar-refractivity contribution < 1.29 is 13.9 Å². The van der Waals surface area contributed by atoms with Gasteiger partial charge in [0.25, 0.3) is 5.56 Å². The number of esters is 1. The molecule has 0 aliphatic carbocycles. The lowest BCUT2D eigenvalue weighted by molar-refractivity contribution is -0.136. The minimum absolute atomic E-state index is 0.274. The molecule has 0 saturated carbocycles. The predicted octanol–water partition coefficient (Wildman–Crippen LogP) is 4.46. The molecule has 0 fully saturated rings. The summed E-state index contributed by atoms with van der Waals surface area (Å²) in [7, 11) is 1.32. The van der Waals surface area contributed by atoms with Gasteiger partial charge in [-0.15, -0.1) is 11.3 Å². The molecule has 2 aromatic carbocycles. The van der Waals surface area contributed by atoms with E-state index in [-0.39, 0.29) is 11.4 Å². The molecule has 1 aliphatic rings. The Morgan fingerprint density at radius 3 is 2.54 bits per heavy atom. The van der Waals surface area contributed by atoms with Gasteiger partial charge in [0.2, 0.25) is 0 Å². The third kappa shape index (κ3) is 4.47. The van der Waals surface area contributed by atoms with Crippen molar-refractivity contribution in [2.24, 2.45) is 4.99 Å². The number of carbonyl (C=O) groups excluding carboxylic acids is 1. The summed E-state index contributed by atoms with van der Waals surface area (Å²) in [5, 5.41) is 6.67. The maximum atomic E-state index is 13.9. The van der Waals surface area contributed by atoms with Crippen LogP contribution in [0.2, 0.25) is 0 Å². The summed E-state index contributed by atoms with van der Waals surface area (Å²) < 4.78 is 22.5. The smallest absolute Gasteiger partial charge is 0.338 e. The average Bonchev–Trinajstić information content (AvgIpc) is 3.69. The largest absolute Gasteiger partial charge is 0.466 e. The number of ether oxygens (including phenoxy) is 1. The molecule has 10 heteroatoms. The van der Waals surface area contributed by atoms with E-state index in [9.17, 15) is 14.0 Å². The van der Waals surface area contributed by atoms with Crippen LogP contribution in [0, 0.1) is 5.82 Å². The molecule has 0 radical (unpaired) electrons. The van der Waals surface area contributed by atoms with Gasteiger partial charge < -0.3 is 4.74 Å². The molecule has 194 valence electrons. The van der Waals surface area contributed by atoms with Crippen molar-refractivity contribution in [1.82, 2.24) is 14.3 Å². The molecule has 0 saturated heterocycles. The number of allylic oxidation sites excluding steroid dienone is 1. The van der Waals surface area contributed by atoms with Gasteiger partial charge in [-0.25, -0.2) is 18.9 Å². The highest BCUT2D eigenvalue weighted by Gasteiger charge is 2.33. The Hall–Kier alpha value is -4.41. The first kappa shape index (κ1) is 24.9. The molecular weight excluding hydrogens is 535 g/mol. The average molecular weight is 557 g/mol. The zero-order valence-corrected chi connectivity index (χ0v) is 22.5. The van der Waals surface area contributed by atoms with Crippen molar-refractivity contribution in [3.05, 3.63) is 126 Å². The minimum atomic E-state index is -0.639. The predicted molar refractivity (Wildman–Crippen MR) is 149 cm³/mol. The summed E-state index contributed by atoms with van der Waals surface area (Å²) in [5.74, 6) is -0.867.